The van der Waals surface area contributed by atoms with Gasteiger partial charge in [0.25, 0.3) is 0 Å². The third-order valence-electron chi connectivity index (χ3n) is 2.72. The van der Waals surface area contributed by atoms with Crippen molar-refractivity contribution in [2.75, 3.05) is 13.2 Å². The van der Waals surface area contributed by atoms with Crippen LogP contribution in [-0.2, 0) is 9.47 Å². The molecule has 0 bridgehead atoms. The Morgan fingerprint density at radius 2 is 1.87 bits per heavy atom. The molecule has 0 aromatic carbocycles. The molecule has 1 atom stereocenters. The van der Waals surface area contributed by atoms with Crippen LogP contribution in [0.3, 0.4) is 0 Å². The fraction of sp³-hybridized carbons (Fsp3) is 0.917. The highest BCUT2D eigenvalue weighted by molar-refractivity contribution is 5.59. The molecule has 90 valence electrons. The molecular formula is C12H24O3. The minimum atomic E-state index is -0.545. The summed E-state index contributed by atoms with van der Waals surface area (Å²) in [5.74, 6) is 0.400. The maximum Gasteiger partial charge on any atom is 0.508 e. The topological polar surface area (TPSA) is 35.5 Å². The molecule has 0 radical (unpaired) electrons. The molecule has 0 spiro atoms. The van der Waals surface area contributed by atoms with Gasteiger partial charge >= 0.3 is 6.16 Å². The standard InChI is InChI=1S/C12H24O3/c1-6-10(3)8-14-11(13)15-9-12(4,5)7-2/h10H,6-9H2,1-5H3. The zero-order valence-corrected chi connectivity index (χ0v) is 10.6. The summed E-state index contributed by atoms with van der Waals surface area (Å²) in [7, 11) is 0. The number of carbonyl (C=O) groups is 1. The quantitative estimate of drug-likeness (QED) is 0.636. The van der Waals surface area contributed by atoms with Crippen LogP contribution in [0.5, 0.6) is 0 Å². The monoisotopic (exact) mass is 216 g/mol. The van der Waals surface area contributed by atoms with Gasteiger partial charge in [0.2, 0.25) is 0 Å². The fourth-order valence-corrected chi connectivity index (χ4v) is 0.726. The second kappa shape index (κ2) is 6.70. The lowest BCUT2D eigenvalue weighted by atomic mass is 9.92. The number of rotatable bonds is 6. The SMILES string of the molecule is CCC(C)COC(=O)OCC(C)(C)CC. The van der Waals surface area contributed by atoms with E-state index in [4.69, 9.17) is 9.47 Å². The first-order valence-electron chi connectivity index (χ1n) is 5.70. The molecular weight excluding hydrogens is 192 g/mol. The first-order valence-corrected chi connectivity index (χ1v) is 5.70. The van der Waals surface area contributed by atoms with Gasteiger partial charge in [0.15, 0.2) is 0 Å². The van der Waals surface area contributed by atoms with E-state index in [9.17, 15) is 4.79 Å². The fourth-order valence-electron chi connectivity index (χ4n) is 0.726. The summed E-state index contributed by atoms with van der Waals surface area (Å²) in [4.78, 5) is 11.2. The smallest absolute Gasteiger partial charge is 0.434 e. The number of ether oxygens (including phenoxy) is 2. The Labute approximate surface area is 93.1 Å². The van der Waals surface area contributed by atoms with Crippen molar-refractivity contribution in [3.8, 4) is 0 Å². The first kappa shape index (κ1) is 14.3. The van der Waals surface area contributed by atoms with E-state index in [0.717, 1.165) is 12.8 Å². The maximum atomic E-state index is 11.2. The van der Waals surface area contributed by atoms with Crippen molar-refractivity contribution in [2.24, 2.45) is 11.3 Å². The normalized spacial score (nSPS) is 13.4. The van der Waals surface area contributed by atoms with E-state index >= 15 is 0 Å². The molecule has 0 fully saturated rings. The lowest BCUT2D eigenvalue weighted by molar-refractivity contribution is 0.0217. The van der Waals surface area contributed by atoms with Crippen molar-refractivity contribution in [1.82, 2.24) is 0 Å². The number of carbonyl (C=O) groups excluding carboxylic acids is 1. The van der Waals surface area contributed by atoms with E-state index in [1.165, 1.54) is 0 Å². The van der Waals surface area contributed by atoms with Crippen LogP contribution >= 0.6 is 0 Å². The Bertz CT molecular complexity index is 187. The molecule has 0 saturated heterocycles. The van der Waals surface area contributed by atoms with Gasteiger partial charge in [-0.15, -0.1) is 0 Å². The van der Waals surface area contributed by atoms with Crippen LogP contribution in [0.1, 0.15) is 47.5 Å². The van der Waals surface area contributed by atoms with Gasteiger partial charge < -0.3 is 9.47 Å². The highest BCUT2D eigenvalue weighted by Crippen LogP contribution is 2.19. The minimum absolute atomic E-state index is 0.0371. The molecule has 0 aliphatic carbocycles. The van der Waals surface area contributed by atoms with Crippen LogP contribution in [0.4, 0.5) is 4.79 Å². The average Bonchev–Trinajstić information content (AvgIpc) is 2.23. The van der Waals surface area contributed by atoms with Crippen molar-refractivity contribution in [1.29, 1.82) is 0 Å². The second-order valence-electron chi connectivity index (χ2n) is 4.88. The minimum Gasteiger partial charge on any atom is -0.434 e. The summed E-state index contributed by atoms with van der Waals surface area (Å²) in [6.45, 7) is 11.2. The summed E-state index contributed by atoms with van der Waals surface area (Å²) < 4.78 is 10.0. The molecule has 0 aromatic rings. The molecule has 0 rings (SSSR count). The average molecular weight is 216 g/mol. The predicted molar refractivity (Wildman–Crippen MR) is 60.8 cm³/mol. The first-order chi connectivity index (χ1) is 6.91. The van der Waals surface area contributed by atoms with Crippen molar-refractivity contribution in [3.63, 3.8) is 0 Å². The molecule has 0 aromatic heterocycles. The van der Waals surface area contributed by atoms with Gasteiger partial charge in [-0.05, 0) is 17.8 Å². The Balaban J connectivity index is 3.67. The van der Waals surface area contributed by atoms with Crippen molar-refractivity contribution >= 4 is 6.16 Å². The van der Waals surface area contributed by atoms with Gasteiger partial charge in [-0.3, -0.25) is 0 Å². The van der Waals surface area contributed by atoms with E-state index in [2.05, 4.69) is 27.7 Å². The van der Waals surface area contributed by atoms with Gasteiger partial charge in [0, 0.05) is 0 Å². The van der Waals surface area contributed by atoms with E-state index in [1.807, 2.05) is 6.92 Å². The molecule has 0 aliphatic heterocycles. The molecule has 3 heteroatoms. The molecule has 1 unspecified atom stereocenters. The predicted octanol–water partition coefficient (Wildman–Crippen LogP) is 3.62. The third-order valence-corrected chi connectivity index (χ3v) is 2.72. The Morgan fingerprint density at radius 1 is 1.27 bits per heavy atom. The van der Waals surface area contributed by atoms with E-state index in [1.54, 1.807) is 0 Å². The summed E-state index contributed by atoms with van der Waals surface area (Å²) >= 11 is 0. The summed E-state index contributed by atoms with van der Waals surface area (Å²) in [5.41, 5.74) is 0.0371. The van der Waals surface area contributed by atoms with Crippen LogP contribution in [0, 0.1) is 11.3 Å². The van der Waals surface area contributed by atoms with Gasteiger partial charge in [0.1, 0.15) is 0 Å². The highest BCUT2D eigenvalue weighted by atomic mass is 16.7. The van der Waals surface area contributed by atoms with Crippen molar-refractivity contribution < 1.29 is 14.3 Å². The molecule has 0 N–H and O–H groups in total. The molecule has 3 nitrogen and oxygen atoms in total. The number of hydrogen-bond acceptors (Lipinski definition) is 3. The van der Waals surface area contributed by atoms with Crippen molar-refractivity contribution in [2.45, 2.75) is 47.5 Å². The molecule has 0 aliphatic rings. The summed E-state index contributed by atoms with van der Waals surface area (Å²) in [5, 5.41) is 0. The second-order valence-corrected chi connectivity index (χ2v) is 4.88. The zero-order chi connectivity index (χ0) is 11.9. The molecule has 0 saturated carbocycles. The van der Waals surface area contributed by atoms with Crippen LogP contribution in [0.2, 0.25) is 0 Å². The molecule has 15 heavy (non-hydrogen) atoms. The Hall–Kier alpha value is -0.730. The van der Waals surface area contributed by atoms with Gasteiger partial charge in [0.05, 0.1) is 13.2 Å². The maximum absolute atomic E-state index is 11.2. The van der Waals surface area contributed by atoms with Crippen LogP contribution in [-0.4, -0.2) is 19.4 Å². The van der Waals surface area contributed by atoms with Gasteiger partial charge in [-0.25, -0.2) is 4.79 Å². The van der Waals surface area contributed by atoms with E-state index in [-0.39, 0.29) is 5.41 Å². The summed E-state index contributed by atoms with van der Waals surface area (Å²) in [6, 6.07) is 0. The largest absolute Gasteiger partial charge is 0.508 e. The lowest BCUT2D eigenvalue weighted by Gasteiger charge is -2.21. The third kappa shape index (κ3) is 7.23. The van der Waals surface area contributed by atoms with Crippen LogP contribution in [0.15, 0.2) is 0 Å². The van der Waals surface area contributed by atoms with Gasteiger partial charge in [-0.2, -0.15) is 0 Å². The summed E-state index contributed by atoms with van der Waals surface area (Å²) in [6.07, 6.45) is 1.44. The number of hydrogen-bond donors (Lipinski definition) is 0. The van der Waals surface area contributed by atoms with Crippen LogP contribution in [0.25, 0.3) is 0 Å². The highest BCUT2D eigenvalue weighted by Gasteiger charge is 2.18. The zero-order valence-electron chi connectivity index (χ0n) is 10.6. The Morgan fingerprint density at radius 3 is 2.33 bits per heavy atom. The van der Waals surface area contributed by atoms with E-state index < -0.39 is 6.16 Å². The van der Waals surface area contributed by atoms with Gasteiger partial charge in [-0.1, -0.05) is 41.0 Å². The Kier molecular flexibility index (Phi) is 6.37. The van der Waals surface area contributed by atoms with E-state index in [0.29, 0.717) is 19.1 Å². The van der Waals surface area contributed by atoms with Crippen molar-refractivity contribution in [3.05, 3.63) is 0 Å². The lowest BCUT2D eigenvalue weighted by Crippen LogP contribution is -2.22. The molecule has 0 heterocycles. The molecule has 0 amide bonds. The van der Waals surface area contributed by atoms with Crippen LogP contribution < -0.4 is 0 Å².